The molecule has 0 fully saturated rings. The number of hydrogen-bond acceptors (Lipinski definition) is 4. The fourth-order valence-electron chi connectivity index (χ4n) is 2.10. The van der Waals surface area contributed by atoms with Crippen molar-refractivity contribution >= 4 is 32.7 Å². The second kappa shape index (κ2) is 4.68. The molecule has 20 heavy (non-hydrogen) atoms. The fraction of sp³-hybridized carbons (Fsp3) is 0.0769. The number of rotatable bonds is 2. The lowest BCUT2D eigenvalue weighted by Gasteiger charge is -2.07. The molecule has 0 radical (unpaired) electrons. The van der Waals surface area contributed by atoms with E-state index in [0.717, 1.165) is 16.9 Å². The predicted octanol–water partition coefficient (Wildman–Crippen LogP) is 3.40. The zero-order chi connectivity index (χ0) is 14.3. The molecule has 3 rings (SSSR count). The van der Waals surface area contributed by atoms with Gasteiger partial charge >= 0.3 is 0 Å². The molecule has 0 aliphatic carbocycles. The average Bonchev–Trinajstić information content (AvgIpc) is 2.74. The van der Waals surface area contributed by atoms with Crippen LogP contribution in [0.2, 0.25) is 0 Å². The molecule has 0 saturated heterocycles. The topological polar surface area (TPSA) is 73.8 Å². The molecule has 3 aromatic rings. The van der Waals surface area contributed by atoms with E-state index in [1.54, 1.807) is 0 Å². The molecule has 7 heteroatoms. The minimum Gasteiger partial charge on any atom is -0.280 e. The van der Waals surface area contributed by atoms with Crippen molar-refractivity contribution in [1.82, 2.24) is 14.5 Å². The fourth-order valence-corrected chi connectivity index (χ4v) is 2.61. The van der Waals surface area contributed by atoms with Crippen molar-refractivity contribution in [2.24, 2.45) is 0 Å². The Bertz CT molecular complexity index is 828. The van der Waals surface area contributed by atoms with Crippen molar-refractivity contribution in [2.75, 3.05) is 0 Å². The highest BCUT2D eigenvalue weighted by atomic mass is 79.9. The van der Waals surface area contributed by atoms with Crippen LogP contribution in [0.1, 0.15) is 5.82 Å². The number of nitro groups is 1. The maximum absolute atomic E-state index is 10.8. The van der Waals surface area contributed by atoms with E-state index in [4.69, 9.17) is 0 Å². The summed E-state index contributed by atoms with van der Waals surface area (Å²) in [6.07, 6.45) is 1.24. The standard InChI is InChI=1S/C13H9BrN4O2/c1-8-16-11-4-2-3-5-12(11)17(8)13-10(14)6-9(7-15-13)18(19)20/h2-7H,1H3. The SMILES string of the molecule is Cc1nc2ccccc2n1-c1ncc([N+](=O)[O-])cc1Br. The van der Waals surface area contributed by atoms with Gasteiger partial charge in [0, 0.05) is 6.07 Å². The number of nitrogens with zero attached hydrogens (tertiary/aromatic N) is 4. The van der Waals surface area contributed by atoms with Crippen molar-refractivity contribution in [1.29, 1.82) is 0 Å². The first-order chi connectivity index (χ1) is 9.58. The van der Waals surface area contributed by atoms with Gasteiger partial charge in [-0.3, -0.25) is 14.7 Å². The highest BCUT2D eigenvalue weighted by Crippen LogP contribution is 2.27. The Hall–Kier alpha value is -2.28. The van der Waals surface area contributed by atoms with Crippen LogP contribution in [0, 0.1) is 17.0 Å². The van der Waals surface area contributed by atoms with E-state index >= 15 is 0 Å². The van der Waals surface area contributed by atoms with Gasteiger partial charge in [0.1, 0.15) is 12.0 Å². The number of hydrogen-bond donors (Lipinski definition) is 0. The molecule has 0 aliphatic heterocycles. The van der Waals surface area contributed by atoms with Gasteiger partial charge in [0.15, 0.2) is 5.82 Å². The number of pyridine rings is 1. The Balaban J connectivity index is 2.26. The highest BCUT2D eigenvalue weighted by Gasteiger charge is 2.16. The van der Waals surface area contributed by atoms with Gasteiger partial charge in [0.2, 0.25) is 0 Å². The van der Waals surface area contributed by atoms with E-state index < -0.39 is 4.92 Å². The van der Waals surface area contributed by atoms with Crippen molar-refractivity contribution in [3.05, 3.63) is 56.9 Å². The second-order valence-electron chi connectivity index (χ2n) is 4.24. The molecule has 0 N–H and O–H groups in total. The number of aryl methyl sites for hydroxylation is 1. The first-order valence-corrected chi connectivity index (χ1v) is 6.61. The maximum atomic E-state index is 10.8. The lowest BCUT2D eigenvalue weighted by Crippen LogP contribution is -2.02. The first-order valence-electron chi connectivity index (χ1n) is 5.82. The van der Waals surface area contributed by atoms with E-state index in [0.29, 0.717) is 10.3 Å². The van der Waals surface area contributed by atoms with E-state index in [-0.39, 0.29) is 5.69 Å². The molecule has 0 atom stereocenters. The quantitative estimate of drug-likeness (QED) is 0.532. The Morgan fingerprint density at radius 2 is 2.10 bits per heavy atom. The summed E-state index contributed by atoms with van der Waals surface area (Å²) in [6, 6.07) is 9.12. The van der Waals surface area contributed by atoms with E-state index in [1.807, 2.05) is 35.8 Å². The molecule has 0 unspecified atom stereocenters. The van der Waals surface area contributed by atoms with Gasteiger partial charge in [-0.2, -0.15) is 0 Å². The van der Waals surface area contributed by atoms with Gasteiger partial charge in [-0.1, -0.05) is 12.1 Å². The summed E-state index contributed by atoms with van der Waals surface area (Å²) in [4.78, 5) is 18.9. The van der Waals surface area contributed by atoms with Crippen molar-refractivity contribution in [3.63, 3.8) is 0 Å². The molecule has 2 aromatic heterocycles. The normalized spacial score (nSPS) is 10.9. The molecule has 0 bridgehead atoms. The molecule has 100 valence electrons. The molecular formula is C13H9BrN4O2. The Morgan fingerprint density at radius 3 is 2.80 bits per heavy atom. The molecule has 0 saturated carbocycles. The van der Waals surface area contributed by atoms with E-state index in [2.05, 4.69) is 25.9 Å². The Labute approximate surface area is 122 Å². The smallest absolute Gasteiger partial charge is 0.280 e. The summed E-state index contributed by atoms with van der Waals surface area (Å²) in [7, 11) is 0. The summed E-state index contributed by atoms with van der Waals surface area (Å²) in [5, 5.41) is 10.8. The van der Waals surface area contributed by atoms with E-state index in [9.17, 15) is 10.1 Å². The minimum absolute atomic E-state index is 0.0531. The lowest BCUT2D eigenvalue weighted by atomic mass is 10.3. The van der Waals surface area contributed by atoms with Gasteiger partial charge < -0.3 is 0 Å². The molecular weight excluding hydrogens is 324 g/mol. The van der Waals surface area contributed by atoms with E-state index in [1.165, 1.54) is 12.3 Å². The van der Waals surface area contributed by atoms with Gasteiger partial charge in [-0.05, 0) is 35.0 Å². The molecule has 6 nitrogen and oxygen atoms in total. The summed E-state index contributed by atoms with van der Waals surface area (Å²) < 4.78 is 2.42. The molecule has 1 aromatic carbocycles. The van der Waals surface area contributed by atoms with Gasteiger partial charge in [-0.25, -0.2) is 9.97 Å². The zero-order valence-corrected chi connectivity index (χ0v) is 12.0. The van der Waals surface area contributed by atoms with Crippen LogP contribution >= 0.6 is 15.9 Å². The first kappa shape index (κ1) is 12.7. The van der Waals surface area contributed by atoms with Crippen LogP contribution in [-0.4, -0.2) is 19.5 Å². The van der Waals surface area contributed by atoms with Crippen LogP contribution in [-0.2, 0) is 0 Å². The predicted molar refractivity (Wildman–Crippen MR) is 78.0 cm³/mol. The van der Waals surface area contributed by atoms with Gasteiger partial charge in [0.05, 0.1) is 20.4 Å². The highest BCUT2D eigenvalue weighted by molar-refractivity contribution is 9.10. The lowest BCUT2D eigenvalue weighted by molar-refractivity contribution is -0.385. The third kappa shape index (κ3) is 1.96. The zero-order valence-electron chi connectivity index (χ0n) is 10.4. The van der Waals surface area contributed by atoms with Gasteiger partial charge in [0.25, 0.3) is 5.69 Å². The third-order valence-electron chi connectivity index (χ3n) is 2.96. The van der Waals surface area contributed by atoms with Crippen LogP contribution in [0.25, 0.3) is 16.9 Å². The van der Waals surface area contributed by atoms with Crippen molar-refractivity contribution < 1.29 is 4.92 Å². The van der Waals surface area contributed by atoms with Crippen LogP contribution in [0.3, 0.4) is 0 Å². The van der Waals surface area contributed by atoms with Crippen LogP contribution in [0.15, 0.2) is 41.0 Å². The summed E-state index contributed by atoms with van der Waals surface area (Å²) in [6.45, 7) is 1.87. The van der Waals surface area contributed by atoms with Gasteiger partial charge in [-0.15, -0.1) is 0 Å². The Morgan fingerprint density at radius 1 is 1.35 bits per heavy atom. The largest absolute Gasteiger partial charge is 0.288 e. The summed E-state index contributed by atoms with van der Waals surface area (Å²) >= 11 is 3.34. The summed E-state index contributed by atoms with van der Waals surface area (Å²) in [5.74, 6) is 1.36. The van der Waals surface area contributed by atoms with Crippen LogP contribution in [0.4, 0.5) is 5.69 Å². The summed E-state index contributed by atoms with van der Waals surface area (Å²) in [5.41, 5.74) is 1.71. The van der Waals surface area contributed by atoms with Crippen LogP contribution in [0.5, 0.6) is 0 Å². The molecule has 0 spiro atoms. The van der Waals surface area contributed by atoms with Crippen LogP contribution < -0.4 is 0 Å². The Kier molecular flexibility index (Phi) is 2.98. The number of para-hydroxylation sites is 2. The molecule has 2 heterocycles. The number of fused-ring (bicyclic) bond motifs is 1. The molecule has 0 aliphatic rings. The van der Waals surface area contributed by atoms with Crippen molar-refractivity contribution in [3.8, 4) is 5.82 Å². The maximum Gasteiger partial charge on any atom is 0.288 e. The number of aromatic nitrogens is 3. The third-order valence-corrected chi connectivity index (χ3v) is 3.54. The minimum atomic E-state index is -0.472. The number of halogens is 1. The number of imidazole rings is 1. The van der Waals surface area contributed by atoms with Crippen molar-refractivity contribution in [2.45, 2.75) is 6.92 Å². The monoisotopic (exact) mass is 332 g/mol. The average molecular weight is 333 g/mol. The second-order valence-corrected chi connectivity index (χ2v) is 5.09. The molecule has 0 amide bonds. The number of benzene rings is 1.